The molecule has 0 radical (unpaired) electrons. The van der Waals surface area contributed by atoms with Crippen molar-refractivity contribution < 1.29 is 14.6 Å². The van der Waals surface area contributed by atoms with Crippen LogP contribution in [-0.2, 0) is 11.2 Å². The molecule has 25 heavy (non-hydrogen) atoms. The lowest BCUT2D eigenvalue weighted by atomic mass is 9.87. The highest BCUT2D eigenvalue weighted by Crippen LogP contribution is 2.28. The van der Waals surface area contributed by atoms with Gasteiger partial charge in [-0.1, -0.05) is 49.9 Å². The van der Waals surface area contributed by atoms with Crippen LogP contribution >= 0.6 is 11.6 Å². The Labute approximate surface area is 156 Å². The van der Waals surface area contributed by atoms with Crippen LogP contribution in [0.4, 0.5) is 0 Å². The molecule has 2 rings (SSSR count). The Bertz CT molecular complexity index is 595. The van der Waals surface area contributed by atoms with Gasteiger partial charge in [0.15, 0.2) is 0 Å². The lowest BCUT2D eigenvalue weighted by Gasteiger charge is -2.21. The minimum Gasteiger partial charge on any atom is -0.489 e. The molecule has 0 amide bonds. The van der Waals surface area contributed by atoms with E-state index in [2.05, 4.69) is 13.0 Å². The Kier molecular flexibility index (Phi) is 8.33. The summed E-state index contributed by atoms with van der Waals surface area (Å²) in [6, 6.07) is 5.54. The van der Waals surface area contributed by atoms with Crippen molar-refractivity contribution in [3.63, 3.8) is 0 Å². The number of unbranched alkanes of at least 4 members (excludes halogenated alkanes) is 2. The monoisotopic (exact) mass is 364 g/mol. The summed E-state index contributed by atoms with van der Waals surface area (Å²) in [5.74, 6) is 0.646. The van der Waals surface area contributed by atoms with Gasteiger partial charge in [0.05, 0.1) is 0 Å². The zero-order valence-electron chi connectivity index (χ0n) is 15.1. The van der Waals surface area contributed by atoms with E-state index in [9.17, 15) is 4.79 Å². The maximum atomic E-state index is 10.7. The molecule has 3 nitrogen and oxygen atoms in total. The van der Waals surface area contributed by atoms with Crippen LogP contribution in [-0.4, -0.2) is 17.7 Å². The van der Waals surface area contributed by atoms with E-state index in [0.29, 0.717) is 24.0 Å². The second-order valence-corrected chi connectivity index (χ2v) is 7.32. The van der Waals surface area contributed by atoms with Gasteiger partial charge in [-0.15, -0.1) is 0 Å². The first-order valence-electron chi connectivity index (χ1n) is 9.41. The number of ether oxygens (including phenoxy) is 1. The Hall–Kier alpha value is -1.48. The molecule has 0 fully saturated rings. The van der Waals surface area contributed by atoms with E-state index in [4.69, 9.17) is 21.4 Å². The summed E-state index contributed by atoms with van der Waals surface area (Å²) in [6.45, 7) is 2.86. The molecule has 0 bridgehead atoms. The Morgan fingerprint density at radius 2 is 2.20 bits per heavy atom. The second kappa shape index (κ2) is 10.5. The molecule has 0 aliphatic heterocycles. The fourth-order valence-electron chi connectivity index (χ4n) is 3.33. The highest BCUT2D eigenvalue weighted by molar-refractivity contribution is 6.31. The summed E-state index contributed by atoms with van der Waals surface area (Å²) in [4.78, 5) is 10.7. The van der Waals surface area contributed by atoms with Crippen molar-refractivity contribution in [3.05, 3.63) is 40.4 Å². The van der Waals surface area contributed by atoms with Crippen molar-refractivity contribution >= 4 is 17.6 Å². The van der Waals surface area contributed by atoms with Crippen molar-refractivity contribution in [1.82, 2.24) is 0 Å². The van der Waals surface area contributed by atoms with Gasteiger partial charge in [-0.3, -0.25) is 4.79 Å². The SMILES string of the molecule is CCCCCC1C=C(COc2ccc(CCC(=O)O)c(Cl)c2)CCC1. The molecule has 1 aromatic rings. The van der Waals surface area contributed by atoms with Crippen molar-refractivity contribution in [3.8, 4) is 5.75 Å². The first-order valence-corrected chi connectivity index (χ1v) is 9.79. The highest BCUT2D eigenvalue weighted by atomic mass is 35.5. The molecule has 1 aliphatic carbocycles. The van der Waals surface area contributed by atoms with E-state index in [1.54, 1.807) is 6.07 Å². The third kappa shape index (κ3) is 7.11. The molecular weight excluding hydrogens is 336 g/mol. The van der Waals surface area contributed by atoms with Crippen LogP contribution in [0, 0.1) is 5.92 Å². The Morgan fingerprint density at radius 1 is 1.36 bits per heavy atom. The van der Waals surface area contributed by atoms with Crippen LogP contribution in [0.3, 0.4) is 0 Å². The third-order valence-corrected chi connectivity index (χ3v) is 5.13. The maximum absolute atomic E-state index is 10.7. The number of carbonyl (C=O) groups is 1. The number of hydrogen-bond acceptors (Lipinski definition) is 2. The molecule has 0 saturated carbocycles. The van der Waals surface area contributed by atoms with E-state index < -0.39 is 5.97 Å². The summed E-state index contributed by atoms with van der Waals surface area (Å²) < 4.78 is 5.91. The van der Waals surface area contributed by atoms with Gasteiger partial charge >= 0.3 is 5.97 Å². The first-order chi connectivity index (χ1) is 12.1. The van der Waals surface area contributed by atoms with Crippen LogP contribution in [0.1, 0.15) is 63.9 Å². The van der Waals surface area contributed by atoms with Crippen LogP contribution in [0.25, 0.3) is 0 Å². The lowest BCUT2D eigenvalue weighted by molar-refractivity contribution is -0.136. The van der Waals surface area contributed by atoms with Crippen LogP contribution < -0.4 is 4.74 Å². The maximum Gasteiger partial charge on any atom is 0.303 e. The summed E-state index contributed by atoms with van der Waals surface area (Å²) >= 11 is 6.24. The normalized spacial score (nSPS) is 17.2. The molecule has 138 valence electrons. The van der Waals surface area contributed by atoms with Gasteiger partial charge in [-0.25, -0.2) is 0 Å². The van der Waals surface area contributed by atoms with Crippen LogP contribution in [0.15, 0.2) is 29.8 Å². The number of rotatable bonds is 10. The summed E-state index contributed by atoms with van der Waals surface area (Å²) in [6.07, 6.45) is 11.8. The van der Waals surface area contributed by atoms with Gasteiger partial charge in [0, 0.05) is 11.4 Å². The fourth-order valence-corrected chi connectivity index (χ4v) is 3.60. The molecule has 1 aromatic carbocycles. The molecule has 0 spiro atoms. The Morgan fingerprint density at radius 3 is 2.92 bits per heavy atom. The standard InChI is InChI=1S/C21H29ClO3/c1-2-3-4-6-16-7-5-8-17(13-16)15-25-19-11-9-18(20(22)14-19)10-12-21(23)24/h9,11,13-14,16H,2-8,10,12,15H2,1H3,(H,23,24). The fraction of sp³-hybridized carbons (Fsp3) is 0.571. The summed E-state index contributed by atoms with van der Waals surface area (Å²) in [5, 5.41) is 9.34. The third-order valence-electron chi connectivity index (χ3n) is 4.78. The van der Waals surface area contributed by atoms with Crippen molar-refractivity contribution in [2.24, 2.45) is 5.92 Å². The van der Waals surface area contributed by atoms with E-state index >= 15 is 0 Å². The van der Waals surface area contributed by atoms with E-state index in [1.165, 1.54) is 44.1 Å². The smallest absolute Gasteiger partial charge is 0.303 e. The van der Waals surface area contributed by atoms with Gasteiger partial charge in [0.25, 0.3) is 0 Å². The van der Waals surface area contributed by atoms with Gasteiger partial charge in [0.2, 0.25) is 0 Å². The number of hydrogen-bond donors (Lipinski definition) is 1. The zero-order valence-corrected chi connectivity index (χ0v) is 15.9. The number of aliphatic carboxylic acids is 1. The zero-order chi connectivity index (χ0) is 18.1. The van der Waals surface area contributed by atoms with Gasteiger partial charge in [-0.2, -0.15) is 0 Å². The molecule has 0 aromatic heterocycles. The topological polar surface area (TPSA) is 46.5 Å². The predicted octanol–water partition coefficient (Wildman–Crippen LogP) is 6.04. The molecule has 0 heterocycles. The van der Waals surface area contributed by atoms with Crippen molar-refractivity contribution in [2.75, 3.05) is 6.61 Å². The highest BCUT2D eigenvalue weighted by Gasteiger charge is 2.14. The number of halogens is 1. The van der Waals surface area contributed by atoms with Crippen LogP contribution in [0.5, 0.6) is 5.75 Å². The molecule has 4 heteroatoms. The predicted molar refractivity (Wildman–Crippen MR) is 102 cm³/mol. The molecule has 1 atom stereocenters. The molecule has 1 N–H and O–H groups in total. The average Bonchev–Trinajstić information content (AvgIpc) is 2.59. The number of carboxylic acids is 1. The largest absolute Gasteiger partial charge is 0.489 e. The summed E-state index contributed by atoms with van der Waals surface area (Å²) in [5.41, 5.74) is 2.24. The number of benzene rings is 1. The van der Waals surface area contributed by atoms with Gasteiger partial charge < -0.3 is 9.84 Å². The van der Waals surface area contributed by atoms with Crippen molar-refractivity contribution in [1.29, 1.82) is 0 Å². The minimum atomic E-state index is -0.811. The molecule has 0 saturated heterocycles. The number of aryl methyl sites for hydroxylation is 1. The minimum absolute atomic E-state index is 0.0895. The van der Waals surface area contributed by atoms with E-state index in [0.717, 1.165) is 17.7 Å². The molecule has 1 unspecified atom stereocenters. The van der Waals surface area contributed by atoms with E-state index in [1.807, 2.05) is 12.1 Å². The van der Waals surface area contributed by atoms with Crippen LogP contribution in [0.2, 0.25) is 5.02 Å². The second-order valence-electron chi connectivity index (χ2n) is 6.91. The van der Waals surface area contributed by atoms with Gasteiger partial charge in [-0.05, 0) is 61.3 Å². The average molecular weight is 365 g/mol. The first kappa shape index (κ1) is 19.8. The number of carboxylic acid groups (broad SMARTS) is 1. The molecular formula is C21H29ClO3. The molecule has 1 aliphatic rings. The Balaban J connectivity index is 1.85. The quantitative estimate of drug-likeness (QED) is 0.406. The lowest BCUT2D eigenvalue weighted by Crippen LogP contribution is -2.10. The summed E-state index contributed by atoms with van der Waals surface area (Å²) in [7, 11) is 0. The van der Waals surface area contributed by atoms with Gasteiger partial charge in [0.1, 0.15) is 12.4 Å². The van der Waals surface area contributed by atoms with E-state index in [-0.39, 0.29) is 6.42 Å². The van der Waals surface area contributed by atoms with Crippen molar-refractivity contribution in [2.45, 2.75) is 64.7 Å². The number of allylic oxidation sites excluding steroid dienone is 1.